The van der Waals surface area contributed by atoms with Crippen LogP contribution in [0.25, 0.3) is 10.9 Å². The zero-order valence-corrected chi connectivity index (χ0v) is 16.3. The Hall–Kier alpha value is -3.00. The molecule has 2 fully saturated rings. The lowest BCUT2D eigenvalue weighted by Crippen LogP contribution is -2.44. The molecule has 1 aliphatic carbocycles. The van der Waals surface area contributed by atoms with Gasteiger partial charge in [0.15, 0.2) is 0 Å². The number of ether oxygens (including phenoxy) is 2. The number of esters is 1. The molecule has 1 aromatic carbocycles. The van der Waals surface area contributed by atoms with Gasteiger partial charge in [0, 0.05) is 36.8 Å². The van der Waals surface area contributed by atoms with Gasteiger partial charge in [-0.25, -0.2) is 9.97 Å². The highest BCUT2D eigenvalue weighted by Gasteiger charge is 2.22. The van der Waals surface area contributed by atoms with Gasteiger partial charge in [0.25, 0.3) is 0 Å². The Balaban J connectivity index is 1.33. The summed E-state index contributed by atoms with van der Waals surface area (Å²) in [6, 6.07) is 5.68. The quantitative estimate of drug-likeness (QED) is 0.566. The number of carbonyl (C=O) groups excluding carboxylic acids is 2. The van der Waals surface area contributed by atoms with Crippen LogP contribution < -0.4 is 10.1 Å². The Morgan fingerprint density at radius 2 is 2.28 bits per heavy atom. The van der Waals surface area contributed by atoms with Gasteiger partial charge < -0.3 is 9.47 Å². The summed E-state index contributed by atoms with van der Waals surface area (Å²) in [7, 11) is 0. The number of amides is 1. The number of benzene rings is 1. The minimum absolute atomic E-state index is 0.136. The maximum atomic E-state index is 12.2. The standard InChI is InChI=1S/C21H24N4O4/c1-14-11-25(12-20(27)29-14)8-2-3-19(26)24-21-22-10-16-6-7-17(9-18(16)23-21)28-13-15-4-5-15/h2-3,6-7,9-10,14-15H,4-5,8,11-13H2,1H3,(H,22,23,24,26)/t14-/m1/s1. The zero-order valence-electron chi connectivity index (χ0n) is 16.3. The van der Waals surface area contributed by atoms with Crippen LogP contribution in [0.2, 0.25) is 0 Å². The van der Waals surface area contributed by atoms with E-state index in [2.05, 4.69) is 15.3 Å². The smallest absolute Gasteiger partial charge is 0.320 e. The van der Waals surface area contributed by atoms with Crippen LogP contribution in [0, 0.1) is 5.92 Å². The van der Waals surface area contributed by atoms with Crippen LogP contribution in [0.3, 0.4) is 0 Å². The molecule has 1 aromatic heterocycles. The van der Waals surface area contributed by atoms with Gasteiger partial charge in [-0.15, -0.1) is 0 Å². The average molecular weight is 396 g/mol. The van der Waals surface area contributed by atoms with Gasteiger partial charge in [0.05, 0.1) is 18.7 Å². The van der Waals surface area contributed by atoms with Crippen LogP contribution in [-0.4, -0.2) is 59.1 Å². The SMILES string of the molecule is C[C@@H]1CN(CC=CC(=O)Nc2ncc3ccc(OCC4CC4)cc3n2)CC(=O)O1. The van der Waals surface area contributed by atoms with Gasteiger partial charge in [-0.3, -0.25) is 19.8 Å². The van der Waals surface area contributed by atoms with Crippen molar-refractivity contribution in [3.05, 3.63) is 36.5 Å². The van der Waals surface area contributed by atoms with Gasteiger partial charge in [-0.2, -0.15) is 0 Å². The Bertz CT molecular complexity index is 941. The van der Waals surface area contributed by atoms with Gasteiger partial charge in [0.2, 0.25) is 11.9 Å². The van der Waals surface area contributed by atoms with E-state index in [1.807, 2.05) is 30.0 Å². The number of anilines is 1. The molecule has 152 valence electrons. The highest BCUT2D eigenvalue weighted by molar-refractivity contribution is 5.98. The van der Waals surface area contributed by atoms with Crippen molar-refractivity contribution >= 4 is 28.7 Å². The molecule has 1 atom stereocenters. The van der Waals surface area contributed by atoms with Crippen molar-refractivity contribution in [3.63, 3.8) is 0 Å². The Morgan fingerprint density at radius 1 is 1.41 bits per heavy atom. The minimum atomic E-state index is -0.321. The second kappa shape index (κ2) is 8.57. The molecule has 1 saturated heterocycles. The van der Waals surface area contributed by atoms with Gasteiger partial charge >= 0.3 is 5.97 Å². The van der Waals surface area contributed by atoms with Crippen LogP contribution in [-0.2, 0) is 14.3 Å². The van der Waals surface area contributed by atoms with Gasteiger partial charge in [-0.05, 0) is 37.8 Å². The van der Waals surface area contributed by atoms with Crippen LogP contribution in [0.15, 0.2) is 36.5 Å². The van der Waals surface area contributed by atoms with Crippen molar-refractivity contribution in [2.75, 3.05) is 31.6 Å². The summed E-state index contributed by atoms with van der Waals surface area (Å²) in [6.07, 6.45) is 7.15. The number of cyclic esters (lactones) is 1. The first-order valence-electron chi connectivity index (χ1n) is 9.84. The third-order valence-electron chi connectivity index (χ3n) is 4.81. The molecule has 8 heteroatoms. The van der Waals surface area contributed by atoms with Crippen LogP contribution in [0.1, 0.15) is 19.8 Å². The Labute approximate surface area is 168 Å². The number of aromatic nitrogens is 2. The summed E-state index contributed by atoms with van der Waals surface area (Å²) in [5, 5.41) is 3.55. The van der Waals surface area contributed by atoms with Crippen LogP contribution in [0.5, 0.6) is 5.75 Å². The van der Waals surface area contributed by atoms with Crippen molar-refractivity contribution in [1.29, 1.82) is 0 Å². The van der Waals surface area contributed by atoms with Gasteiger partial charge in [0.1, 0.15) is 11.9 Å². The predicted molar refractivity (Wildman–Crippen MR) is 108 cm³/mol. The fraction of sp³-hybridized carbons (Fsp3) is 0.429. The number of hydrogen-bond acceptors (Lipinski definition) is 7. The number of morpholine rings is 1. The molecule has 1 saturated carbocycles. The van der Waals surface area contributed by atoms with E-state index in [4.69, 9.17) is 9.47 Å². The van der Waals surface area contributed by atoms with E-state index in [0.29, 0.717) is 24.5 Å². The molecule has 2 heterocycles. The number of rotatable bonds is 7. The van der Waals surface area contributed by atoms with E-state index in [1.165, 1.54) is 18.9 Å². The van der Waals surface area contributed by atoms with E-state index < -0.39 is 0 Å². The zero-order chi connectivity index (χ0) is 20.2. The lowest BCUT2D eigenvalue weighted by molar-refractivity contribution is -0.156. The average Bonchev–Trinajstić information content (AvgIpc) is 3.50. The summed E-state index contributed by atoms with van der Waals surface area (Å²) in [6.45, 7) is 3.96. The summed E-state index contributed by atoms with van der Waals surface area (Å²) in [4.78, 5) is 34.1. The van der Waals surface area contributed by atoms with E-state index in [9.17, 15) is 9.59 Å². The van der Waals surface area contributed by atoms with Crippen molar-refractivity contribution in [2.45, 2.75) is 25.9 Å². The molecule has 2 aromatic rings. The number of hydrogen-bond donors (Lipinski definition) is 1. The second-order valence-electron chi connectivity index (χ2n) is 7.55. The predicted octanol–water partition coefficient (Wildman–Crippen LogP) is 2.16. The number of nitrogens with zero attached hydrogens (tertiary/aromatic N) is 3. The highest BCUT2D eigenvalue weighted by atomic mass is 16.5. The third-order valence-corrected chi connectivity index (χ3v) is 4.81. The monoisotopic (exact) mass is 396 g/mol. The van der Waals surface area contributed by atoms with Crippen molar-refractivity contribution in [1.82, 2.24) is 14.9 Å². The van der Waals surface area contributed by atoms with E-state index in [-0.39, 0.29) is 30.5 Å². The molecule has 2 aliphatic rings. The molecular weight excluding hydrogens is 372 g/mol. The lowest BCUT2D eigenvalue weighted by atomic mass is 10.2. The first-order chi connectivity index (χ1) is 14.0. The van der Waals surface area contributed by atoms with E-state index in [1.54, 1.807) is 12.3 Å². The summed E-state index contributed by atoms with van der Waals surface area (Å²) in [5.41, 5.74) is 0.716. The lowest BCUT2D eigenvalue weighted by Gasteiger charge is -2.29. The summed E-state index contributed by atoms with van der Waals surface area (Å²) in [5.74, 6) is 1.12. The first kappa shape index (κ1) is 19.3. The molecule has 0 spiro atoms. The first-order valence-corrected chi connectivity index (χ1v) is 9.84. The molecule has 1 N–H and O–H groups in total. The van der Waals surface area contributed by atoms with E-state index in [0.717, 1.165) is 17.7 Å². The number of carbonyl (C=O) groups is 2. The Kier molecular flexibility index (Phi) is 5.71. The fourth-order valence-electron chi connectivity index (χ4n) is 3.16. The molecule has 4 rings (SSSR count). The number of nitrogens with one attached hydrogen (secondary N) is 1. The van der Waals surface area contributed by atoms with Crippen molar-refractivity contribution in [3.8, 4) is 5.75 Å². The summed E-state index contributed by atoms with van der Waals surface area (Å²) >= 11 is 0. The van der Waals surface area contributed by atoms with E-state index >= 15 is 0 Å². The molecule has 8 nitrogen and oxygen atoms in total. The second-order valence-corrected chi connectivity index (χ2v) is 7.55. The third kappa shape index (κ3) is 5.51. The molecule has 0 bridgehead atoms. The molecule has 0 unspecified atom stereocenters. The topological polar surface area (TPSA) is 93.7 Å². The molecule has 1 amide bonds. The molecule has 29 heavy (non-hydrogen) atoms. The van der Waals surface area contributed by atoms with Crippen molar-refractivity contribution < 1.29 is 19.1 Å². The highest BCUT2D eigenvalue weighted by Crippen LogP contribution is 2.30. The number of fused-ring (bicyclic) bond motifs is 1. The van der Waals surface area contributed by atoms with Crippen molar-refractivity contribution in [2.24, 2.45) is 5.92 Å². The van der Waals surface area contributed by atoms with Crippen LogP contribution >= 0.6 is 0 Å². The largest absolute Gasteiger partial charge is 0.493 e. The normalized spacial score (nSPS) is 20.0. The molecular formula is C21H24N4O4. The van der Waals surface area contributed by atoms with Gasteiger partial charge in [-0.1, -0.05) is 6.08 Å². The minimum Gasteiger partial charge on any atom is -0.493 e. The van der Waals surface area contributed by atoms with Crippen LogP contribution in [0.4, 0.5) is 5.95 Å². The Morgan fingerprint density at radius 3 is 3.07 bits per heavy atom. The fourth-order valence-corrected chi connectivity index (χ4v) is 3.16. The molecule has 0 radical (unpaired) electrons. The maximum absolute atomic E-state index is 12.2. The summed E-state index contributed by atoms with van der Waals surface area (Å²) < 4.78 is 10.9. The maximum Gasteiger partial charge on any atom is 0.320 e. The molecule has 1 aliphatic heterocycles.